The average molecular weight is 543 g/mol. The Kier molecular flexibility index (Phi) is 5.79. The molecule has 5 aromatic rings. The molecular weight excluding hydrogens is 516 g/mol. The van der Waals surface area contributed by atoms with Crippen LogP contribution in [-0.2, 0) is 0 Å². The van der Waals surface area contributed by atoms with E-state index in [-0.39, 0.29) is 6.04 Å². The van der Waals surface area contributed by atoms with Crippen LogP contribution in [0.1, 0.15) is 34.0 Å². The highest BCUT2D eigenvalue weighted by atomic mass is 35.5. The van der Waals surface area contributed by atoms with Crippen LogP contribution in [-0.4, -0.2) is 21.5 Å². The zero-order chi connectivity index (χ0) is 27.4. The highest BCUT2D eigenvalue weighted by Crippen LogP contribution is 2.48. The van der Waals surface area contributed by atoms with E-state index >= 15 is 0 Å². The maximum Gasteiger partial charge on any atom is 0.179 e. The monoisotopic (exact) mass is 542 g/mol. The number of nitrogens with one attached hydrogen (secondary N) is 1. The van der Waals surface area contributed by atoms with E-state index < -0.39 is 0 Å². The van der Waals surface area contributed by atoms with Crippen molar-refractivity contribution in [1.29, 1.82) is 0 Å². The fourth-order valence-electron chi connectivity index (χ4n) is 5.46. The number of nitrogens with zero attached hydrogens (tertiary/aromatic N) is 5. The summed E-state index contributed by atoms with van der Waals surface area (Å²) in [5.41, 5.74) is 9.31. The van der Waals surface area contributed by atoms with Crippen LogP contribution in [0.3, 0.4) is 0 Å². The van der Waals surface area contributed by atoms with Gasteiger partial charge in [0, 0.05) is 16.3 Å². The van der Waals surface area contributed by atoms with Crippen LogP contribution in [0.2, 0.25) is 5.02 Å². The number of anilines is 2. The topological polar surface area (TPSA) is 57.8 Å². The molecule has 0 bridgehead atoms. The van der Waals surface area contributed by atoms with Gasteiger partial charge in [-0.2, -0.15) is 5.10 Å². The number of para-hydroxylation sites is 3. The van der Waals surface area contributed by atoms with Crippen molar-refractivity contribution in [2.75, 3.05) is 10.2 Å². The predicted molar refractivity (Wildman–Crippen MR) is 164 cm³/mol. The lowest BCUT2D eigenvalue weighted by molar-refractivity contribution is 0.815. The Hall–Kier alpha value is -4.68. The number of aromatic nitrogens is 2. The Morgan fingerprint density at radius 3 is 2.30 bits per heavy atom. The third-order valence-corrected chi connectivity index (χ3v) is 7.85. The molecule has 7 rings (SSSR count). The van der Waals surface area contributed by atoms with Gasteiger partial charge in [0.1, 0.15) is 0 Å². The summed E-state index contributed by atoms with van der Waals surface area (Å²) in [7, 11) is 0. The third kappa shape index (κ3) is 4.00. The Morgan fingerprint density at radius 1 is 0.775 bits per heavy atom. The number of rotatable bonds is 3. The van der Waals surface area contributed by atoms with Crippen LogP contribution in [0.5, 0.6) is 0 Å². The molecule has 1 atom stereocenters. The van der Waals surface area contributed by atoms with Gasteiger partial charge in [0.25, 0.3) is 0 Å². The van der Waals surface area contributed by atoms with E-state index in [9.17, 15) is 0 Å². The van der Waals surface area contributed by atoms with Gasteiger partial charge in [0.2, 0.25) is 0 Å². The van der Waals surface area contributed by atoms with Gasteiger partial charge in [-0.05, 0) is 86.0 Å². The first-order valence-corrected chi connectivity index (χ1v) is 13.7. The second-order valence-corrected chi connectivity index (χ2v) is 10.6. The smallest absolute Gasteiger partial charge is 0.179 e. The van der Waals surface area contributed by atoms with E-state index in [2.05, 4.69) is 79.5 Å². The van der Waals surface area contributed by atoms with Crippen molar-refractivity contribution in [3.05, 3.63) is 130 Å². The van der Waals surface area contributed by atoms with Crippen molar-refractivity contribution in [3.63, 3.8) is 0 Å². The third-order valence-electron chi connectivity index (χ3n) is 7.59. The van der Waals surface area contributed by atoms with Crippen LogP contribution in [0, 0.1) is 20.8 Å². The molecule has 196 valence electrons. The number of amidine groups is 2. The fourth-order valence-corrected chi connectivity index (χ4v) is 5.59. The van der Waals surface area contributed by atoms with Gasteiger partial charge in [0.05, 0.1) is 28.8 Å². The molecule has 0 spiro atoms. The molecule has 0 amide bonds. The molecule has 2 aliphatic heterocycles. The maximum absolute atomic E-state index is 6.34. The SMILES string of the molecule is Cc1ccc(NC2=Nc3ccccc3N3C2=Nc2c(c(C)nn2-c2ccccc2)C3c2ccc(Cl)cc2)cc1C. The van der Waals surface area contributed by atoms with Crippen molar-refractivity contribution in [1.82, 2.24) is 9.78 Å². The molecule has 0 saturated heterocycles. The zero-order valence-corrected chi connectivity index (χ0v) is 23.2. The Balaban J connectivity index is 1.49. The Bertz CT molecular complexity index is 1820. The van der Waals surface area contributed by atoms with Gasteiger partial charge in [-0.3, -0.25) is 0 Å². The predicted octanol–water partition coefficient (Wildman–Crippen LogP) is 8.25. The van der Waals surface area contributed by atoms with Gasteiger partial charge in [-0.25, -0.2) is 14.7 Å². The molecule has 0 fully saturated rings. The van der Waals surface area contributed by atoms with Crippen LogP contribution >= 0.6 is 11.6 Å². The number of aryl methyl sites for hydroxylation is 3. The summed E-state index contributed by atoms with van der Waals surface area (Å²) in [5.74, 6) is 2.22. The summed E-state index contributed by atoms with van der Waals surface area (Å²) in [6, 6.07) is 32.6. The second kappa shape index (κ2) is 9.50. The quantitative estimate of drug-likeness (QED) is 0.250. The van der Waals surface area contributed by atoms with Gasteiger partial charge in [-0.1, -0.05) is 60.1 Å². The molecule has 0 radical (unpaired) electrons. The van der Waals surface area contributed by atoms with Crippen molar-refractivity contribution >= 4 is 46.2 Å². The molecule has 6 nitrogen and oxygen atoms in total. The molecular formula is C33H27ClN6. The van der Waals surface area contributed by atoms with E-state index in [1.807, 2.05) is 53.2 Å². The molecule has 0 saturated carbocycles. The summed E-state index contributed by atoms with van der Waals surface area (Å²) in [6.07, 6.45) is 0. The van der Waals surface area contributed by atoms with E-state index in [0.29, 0.717) is 10.9 Å². The van der Waals surface area contributed by atoms with E-state index in [0.717, 1.165) is 51.2 Å². The lowest BCUT2D eigenvalue weighted by Gasteiger charge is -2.40. The normalized spacial score (nSPS) is 15.5. The summed E-state index contributed by atoms with van der Waals surface area (Å²) >= 11 is 6.34. The van der Waals surface area contributed by atoms with Crippen LogP contribution in [0.25, 0.3) is 5.69 Å². The Morgan fingerprint density at radius 2 is 1.52 bits per heavy atom. The van der Waals surface area contributed by atoms with Crippen molar-refractivity contribution in [2.45, 2.75) is 26.8 Å². The highest BCUT2D eigenvalue weighted by Gasteiger charge is 2.41. The van der Waals surface area contributed by atoms with Crippen molar-refractivity contribution in [2.24, 2.45) is 9.98 Å². The fraction of sp³-hybridized carbons (Fsp3) is 0.121. The molecule has 1 N–H and O–H groups in total. The van der Waals surface area contributed by atoms with Crippen LogP contribution < -0.4 is 10.2 Å². The van der Waals surface area contributed by atoms with Gasteiger partial charge in [0.15, 0.2) is 17.5 Å². The molecule has 4 aromatic carbocycles. The molecule has 2 aliphatic rings. The minimum atomic E-state index is -0.189. The number of halogens is 1. The molecule has 1 aromatic heterocycles. The largest absolute Gasteiger partial charge is 0.337 e. The van der Waals surface area contributed by atoms with Crippen LogP contribution in [0.15, 0.2) is 107 Å². The first-order valence-electron chi connectivity index (χ1n) is 13.3. The second-order valence-electron chi connectivity index (χ2n) is 10.2. The maximum atomic E-state index is 6.34. The molecule has 0 aliphatic carbocycles. The summed E-state index contributed by atoms with van der Waals surface area (Å²) in [5, 5.41) is 9.29. The first kappa shape index (κ1) is 24.4. The minimum Gasteiger partial charge on any atom is -0.337 e. The number of fused-ring (bicyclic) bond motifs is 4. The van der Waals surface area contributed by atoms with Gasteiger partial charge >= 0.3 is 0 Å². The first-order chi connectivity index (χ1) is 19.5. The highest BCUT2D eigenvalue weighted by molar-refractivity contribution is 6.51. The Labute approximate surface area is 238 Å². The standard InChI is InChI=1S/C33H27ClN6/c1-20-13-18-25(19-21(20)2)35-31-33-37-32-29(22(3)38-40(32)26-9-5-4-6-10-26)30(23-14-16-24(34)17-15-23)39(33)28-12-8-7-11-27(28)36-31/h4-19,30H,1-3H3,(H,35,36). The number of aliphatic imine (C=N–C) groups is 2. The van der Waals surface area contributed by atoms with Gasteiger partial charge < -0.3 is 10.2 Å². The number of hydrogen-bond donors (Lipinski definition) is 1. The lowest BCUT2D eigenvalue weighted by Crippen LogP contribution is -2.46. The number of hydrogen-bond acceptors (Lipinski definition) is 5. The molecule has 3 heterocycles. The lowest BCUT2D eigenvalue weighted by atomic mass is 9.93. The van der Waals surface area contributed by atoms with Crippen molar-refractivity contribution in [3.8, 4) is 5.69 Å². The molecule has 40 heavy (non-hydrogen) atoms. The van der Waals surface area contributed by atoms with Gasteiger partial charge in [-0.15, -0.1) is 0 Å². The van der Waals surface area contributed by atoms with E-state index in [4.69, 9.17) is 26.7 Å². The summed E-state index contributed by atoms with van der Waals surface area (Å²) in [4.78, 5) is 12.7. The summed E-state index contributed by atoms with van der Waals surface area (Å²) < 4.78 is 1.94. The summed E-state index contributed by atoms with van der Waals surface area (Å²) in [6.45, 7) is 6.29. The minimum absolute atomic E-state index is 0.189. The van der Waals surface area contributed by atoms with E-state index in [1.165, 1.54) is 11.1 Å². The van der Waals surface area contributed by atoms with Crippen molar-refractivity contribution < 1.29 is 0 Å². The molecule has 1 unspecified atom stereocenters. The van der Waals surface area contributed by atoms with E-state index in [1.54, 1.807) is 0 Å². The van der Waals surface area contributed by atoms with Crippen LogP contribution in [0.4, 0.5) is 22.9 Å². The number of benzene rings is 4. The molecule has 7 heteroatoms. The zero-order valence-electron chi connectivity index (χ0n) is 22.4. The average Bonchev–Trinajstić information content (AvgIpc) is 3.31.